The molecule has 0 amide bonds. The average molecular weight is 280 g/mol. The van der Waals surface area contributed by atoms with Gasteiger partial charge < -0.3 is 10.3 Å². The van der Waals surface area contributed by atoms with E-state index in [1.54, 1.807) is 22.6 Å². The molecule has 3 rings (SSSR count). The molecule has 0 bridgehead atoms. The number of hydrogen-bond acceptors (Lipinski definition) is 4. The molecule has 0 atom stereocenters. The van der Waals surface area contributed by atoms with E-state index >= 15 is 0 Å². The van der Waals surface area contributed by atoms with Crippen LogP contribution in [0, 0.1) is 0 Å². The summed E-state index contributed by atoms with van der Waals surface area (Å²) in [6.07, 6.45) is 4.01. The van der Waals surface area contributed by atoms with Gasteiger partial charge in [-0.15, -0.1) is 0 Å². The van der Waals surface area contributed by atoms with E-state index < -0.39 is 10.0 Å². The standard InChI is InChI=1S/C12H16N4O2S/c17-19(18,16-7-2-4-13-6-8-16)11-9-15-12-10(11)3-1-5-14-12/h1,3,5,9,13H,2,4,6-8H2,(H,14,15). The zero-order valence-corrected chi connectivity index (χ0v) is 11.3. The Kier molecular flexibility index (Phi) is 3.26. The first-order valence-electron chi connectivity index (χ1n) is 6.32. The minimum Gasteiger partial charge on any atom is -0.345 e. The highest BCUT2D eigenvalue weighted by atomic mass is 32.2. The van der Waals surface area contributed by atoms with Gasteiger partial charge in [-0.2, -0.15) is 4.31 Å². The lowest BCUT2D eigenvalue weighted by Crippen LogP contribution is -2.34. The van der Waals surface area contributed by atoms with E-state index in [-0.39, 0.29) is 0 Å². The monoisotopic (exact) mass is 280 g/mol. The van der Waals surface area contributed by atoms with Crippen molar-refractivity contribution in [1.82, 2.24) is 19.6 Å². The molecule has 7 heteroatoms. The van der Waals surface area contributed by atoms with Crippen LogP contribution in [-0.2, 0) is 10.0 Å². The van der Waals surface area contributed by atoms with Gasteiger partial charge in [0.1, 0.15) is 10.5 Å². The molecule has 0 aromatic carbocycles. The van der Waals surface area contributed by atoms with Crippen molar-refractivity contribution in [2.75, 3.05) is 26.2 Å². The molecule has 19 heavy (non-hydrogen) atoms. The largest absolute Gasteiger partial charge is 0.345 e. The number of hydrogen-bond donors (Lipinski definition) is 2. The van der Waals surface area contributed by atoms with Crippen LogP contribution < -0.4 is 5.32 Å². The molecular formula is C12H16N4O2S. The highest BCUT2D eigenvalue weighted by molar-refractivity contribution is 7.89. The molecular weight excluding hydrogens is 264 g/mol. The van der Waals surface area contributed by atoms with Crippen LogP contribution >= 0.6 is 0 Å². The number of aromatic amines is 1. The summed E-state index contributed by atoms with van der Waals surface area (Å²) in [6.45, 7) is 2.62. The first-order valence-corrected chi connectivity index (χ1v) is 7.76. The predicted octanol–water partition coefficient (Wildman–Crippen LogP) is 0.547. The maximum absolute atomic E-state index is 12.7. The van der Waals surface area contributed by atoms with Gasteiger partial charge in [-0.1, -0.05) is 0 Å². The van der Waals surface area contributed by atoms with E-state index in [0.29, 0.717) is 35.6 Å². The molecule has 3 heterocycles. The number of rotatable bonds is 2. The van der Waals surface area contributed by atoms with E-state index in [1.807, 2.05) is 0 Å². The van der Waals surface area contributed by atoms with Crippen molar-refractivity contribution in [3.05, 3.63) is 24.5 Å². The molecule has 1 aliphatic rings. The van der Waals surface area contributed by atoms with E-state index in [1.165, 1.54) is 6.20 Å². The van der Waals surface area contributed by atoms with Crippen LogP contribution in [0.2, 0.25) is 0 Å². The van der Waals surface area contributed by atoms with E-state index in [2.05, 4.69) is 15.3 Å². The Morgan fingerprint density at radius 2 is 2.16 bits per heavy atom. The maximum Gasteiger partial charge on any atom is 0.245 e. The third-order valence-corrected chi connectivity index (χ3v) is 5.27. The molecule has 2 N–H and O–H groups in total. The fourth-order valence-electron chi connectivity index (χ4n) is 2.34. The first-order chi connectivity index (χ1) is 9.19. The highest BCUT2D eigenvalue weighted by Crippen LogP contribution is 2.24. The van der Waals surface area contributed by atoms with Gasteiger partial charge in [-0.25, -0.2) is 13.4 Å². The SMILES string of the molecule is O=S(=O)(c1c[nH]c2ncccc12)N1CCCNCC1. The normalized spacial score (nSPS) is 18.5. The van der Waals surface area contributed by atoms with Crippen LogP contribution in [0.4, 0.5) is 0 Å². The molecule has 2 aromatic rings. The Bertz CT molecular complexity index is 672. The van der Waals surface area contributed by atoms with Crippen molar-refractivity contribution in [3.8, 4) is 0 Å². The number of nitrogens with zero attached hydrogens (tertiary/aromatic N) is 2. The average Bonchev–Trinajstić information content (AvgIpc) is 2.65. The summed E-state index contributed by atoms with van der Waals surface area (Å²) in [5.41, 5.74) is 0.606. The van der Waals surface area contributed by atoms with Crippen LogP contribution in [0.3, 0.4) is 0 Å². The van der Waals surface area contributed by atoms with Gasteiger partial charge in [0.25, 0.3) is 0 Å². The van der Waals surface area contributed by atoms with Gasteiger partial charge in [0.15, 0.2) is 0 Å². The van der Waals surface area contributed by atoms with Crippen LogP contribution in [0.25, 0.3) is 11.0 Å². The third kappa shape index (κ3) is 2.24. The first kappa shape index (κ1) is 12.6. The fraction of sp³-hybridized carbons (Fsp3) is 0.417. The zero-order chi connectivity index (χ0) is 13.3. The third-order valence-electron chi connectivity index (χ3n) is 3.33. The van der Waals surface area contributed by atoms with Crippen molar-refractivity contribution in [3.63, 3.8) is 0 Å². The molecule has 2 aromatic heterocycles. The van der Waals surface area contributed by atoms with E-state index in [0.717, 1.165) is 13.0 Å². The summed E-state index contributed by atoms with van der Waals surface area (Å²) in [5.74, 6) is 0. The number of nitrogens with one attached hydrogen (secondary N) is 2. The smallest absolute Gasteiger partial charge is 0.245 e. The zero-order valence-electron chi connectivity index (χ0n) is 10.5. The van der Waals surface area contributed by atoms with Gasteiger partial charge in [0.2, 0.25) is 10.0 Å². The Labute approximate surface area is 111 Å². The molecule has 0 radical (unpaired) electrons. The lowest BCUT2D eigenvalue weighted by molar-refractivity contribution is 0.432. The Morgan fingerprint density at radius 3 is 3.05 bits per heavy atom. The van der Waals surface area contributed by atoms with E-state index in [9.17, 15) is 8.42 Å². The molecule has 0 spiro atoms. The van der Waals surface area contributed by atoms with E-state index in [4.69, 9.17) is 0 Å². The number of fused-ring (bicyclic) bond motifs is 1. The van der Waals surface area contributed by atoms with Crippen molar-refractivity contribution in [2.45, 2.75) is 11.3 Å². The van der Waals surface area contributed by atoms with Gasteiger partial charge >= 0.3 is 0 Å². The van der Waals surface area contributed by atoms with Gasteiger partial charge in [0.05, 0.1) is 0 Å². The van der Waals surface area contributed by atoms with Crippen LogP contribution in [0.15, 0.2) is 29.4 Å². The summed E-state index contributed by atoms with van der Waals surface area (Å²) in [4.78, 5) is 7.36. The molecule has 0 unspecified atom stereocenters. The lowest BCUT2D eigenvalue weighted by Gasteiger charge is -2.18. The summed E-state index contributed by atoms with van der Waals surface area (Å²) >= 11 is 0. The van der Waals surface area contributed by atoms with Crippen molar-refractivity contribution in [1.29, 1.82) is 0 Å². The number of pyridine rings is 1. The molecule has 1 saturated heterocycles. The van der Waals surface area contributed by atoms with Crippen molar-refractivity contribution < 1.29 is 8.42 Å². The minimum absolute atomic E-state index is 0.317. The van der Waals surface area contributed by atoms with Crippen LogP contribution in [0.5, 0.6) is 0 Å². The number of H-pyrrole nitrogens is 1. The molecule has 0 saturated carbocycles. The second kappa shape index (κ2) is 4.92. The van der Waals surface area contributed by atoms with Crippen LogP contribution in [-0.4, -0.2) is 48.9 Å². The maximum atomic E-state index is 12.7. The lowest BCUT2D eigenvalue weighted by atomic mass is 10.3. The molecule has 0 aliphatic carbocycles. The van der Waals surface area contributed by atoms with Gasteiger partial charge in [-0.05, 0) is 25.1 Å². The van der Waals surface area contributed by atoms with Crippen molar-refractivity contribution >= 4 is 21.1 Å². The molecule has 6 nitrogen and oxygen atoms in total. The fourth-order valence-corrected chi connectivity index (χ4v) is 3.97. The molecule has 102 valence electrons. The van der Waals surface area contributed by atoms with Crippen LogP contribution in [0.1, 0.15) is 6.42 Å². The van der Waals surface area contributed by atoms with Gasteiger partial charge in [0, 0.05) is 37.4 Å². The molecule has 1 aliphatic heterocycles. The van der Waals surface area contributed by atoms with Gasteiger partial charge in [-0.3, -0.25) is 0 Å². The summed E-state index contributed by atoms with van der Waals surface area (Å²) < 4.78 is 26.9. The quantitative estimate of drug-likeness (QED) is 0.842. The highest BCUT2D eigenvalue weighted by Gasteiger charge is 2.27. The Balaban J connectivity index is 2.03. The minimum atomic E-state index is -3.45. The number of aromatic nitrogens is 2. The van der Waals surface area contributed by atoms with Crippen molar-refractivity contribution in [2.24, 2.45) is 0 Å². The second-order valence-electron chi connectivity index (χ2n) is 4.56. The second-order valence-corrected chi connectivity index (χ2v) is 6.47. The molecule has 1 fully saturated rings. The summed E-state index contributed by atoms with van der Waals surface area (Å²) in [7, 11) is -3.45. The topological polar surface area (TPSA) is 78.1 Å². The summed E-state index contributed by atoms with van der Waals surface area (Å²) in [6, 6.07) is 3.53. The number of sulfonamides is 1. The Morgan fingerprint density at radius 1 is 1.26 bits per heavy atom. The summed E-state index contributed by atoms with van der Waals surface area (Å²) in [5, 5.41) is 3.86. The Hall–Kier alpha value is -1.44. The predicted molar refractivity (Wildman–Crippen MR) is 72.3 cm³/mol.